The summed E-state index contributed by atoms with van der Waals surface area (Å²) in [6.45, 7) is 1.06. The van der Waals surface area contributed by atoms with Crippen molar-refractivity contribution < 1.29 is 13.7 Å². The lowest BCUT2D eigenvalue weighted by atomic mass is 10.1. The molecule has 3 heterocycles. The number of fused-ring (bicyclic) bond motifs is 1. The molecule has 0 unspecified atom stereocenters. The van der Waals surface area contributed by atoms with E-state index in [-0.39, 0.29) is 11.9 Å². The molecular formula is C20H15FN4O2. The van der Waals surface area contributed by atoms with E-state index in [0.29, 0.717) is 36.1 Å². The smallest absolute Gasteiger partial charge is 0.278 e. The first-order valence-electron chi connectivity index (χ1n) is 8.58. The van der Waals surface area contributed by atoms with Crippen LogP contribution in [0.3, 0.4) is 0 Å². The second-order valence-electron chi connectivity index (χ2n) is 6.34. The topological polar surface area (TPSA) is 66.0 Å². The van der Waals surface area contributed by atoms with Crippen LogP contribution in [0, 0.1) is 5.82 Å². The average molecular weight is 362 g/mol. The Labute approximate surface area is 154 Å². The van der Waals surface area contributed by atoms with Crippen LogP contribution in [0.15, 0.2) is 65.4 Å². The fourth-order valence-electron chi connectivity index (χ4n) is 3.24. The Morgan fingerprint density at radius 1 is 1.07 bits per heavy atom. The fraction of sp³-hybridized carbons (Fsp3) is 0.150. The van der Waals surface area contributed by atoms with Crippen molar-refractivity contribution in [3.63, 3.8) is 0 Å². The molecule has 0 saturated carbocycles. The molecule has 4 aromatic rings. The highest BCUT2D eigenvalue weighted by atomic mass is 19.1. The van der Waals surface area contributed by atoms with E-state index in [9.17, 15) is 4.39 Å². The van der Waals surface area contributed by atoms with Crippen molar-refractivity contribution in [2.24, 2.45) is 0 Å². The number of hydrogen-bond acceptors (Lipinski definition) is 5. The van der Waals surface area contributed by atoms with E-state index in [1.165, 1.54) is 12.1 Å². The largest absolute Gasteiger partial charge is 0.365 e. The van der Waals surface area contributed by atoms with Gasteiger partial charge in [-0.1, -0.05) is 47.6 Å². The molecule has 27 heavy (non-hydrogen) atoms. The van der Waals surface area contributed by atoms with E-state index in [1.54, 1.807) is 18.5 Å². The molecule has 2 aromatic carbocycles. The van der Waals surface area contributed by atoms with Gasteiger partial charge in [0.1, 0.15) is 11.9 Å². The van der Waals surface area contributed by atoms with E-state index >= 15 is 0 Å². The quantitative estimate of drug-likeness (QED) is 0.551. The molecule has 5 rings (SSSR count). The van der Waals surface area contributed by atoms with Gasteiger partial charge in [-0.25, -0.2) is 9.37 Å². The van der Waals surface area contributed by atoms with Gasteiger partial charge in [0.25, 0.3) is 5.89 Å². The summed E-state index contributed by atoms with van der Waals surface area (Å²) in [5.41, 5.74) is 3.16. The summed E-state index contributed by atoms with van der Waals surface area (Å²) in [5.74, 6) is 0.272. The van der Waals surface area contributed by atoms with Gasteiger partial charge < -0.3 is 13.8 Å². The van der Waals surface area contributed by atoms with Crippen LogP contribution in [0.2, 0.25) is 0 Å². The zero-order valence-electron chi connectivity index (χ0n) is 14.2. The van der Waals surface area contributed by atoms with E-state index < -0.39 is 0 Å². The minimum absolute atomic E-state index is 0.0220. The molecule has 0 radical (unpaired) electrons. The number of imidazole rings is 1. The van der Waals surface area contributed by atoms with Gasteiger partial charge in [-0.05, 0) is 17.7 Å². The average Bonchev–Trinajstić information content (AvgIpc) is 3.35. The Morgan fingerprint density at radius 3 is 2.81 bits per heavy atom. The minimum Gasteiger partial charge on any atom is -0.365 e. The molecular weight excluding hydrogens is 347 g/mol. The molecule has 134 valence electrons. The Morgan fingerprint density at radius 2 is 1.96 bits per heavy atom. The van der Waals surface area contributed by atoms with E-state index in [2.05, 4.69) is 27.3 Å². The van der Waals surface area contributed by atoms with Crippen LogP contribution in [0.4, 0.5) is 4.39 Å². The molecule has 0 amide bonds. The van der Waals surface area contributed by atoms with Gasteiger partial charge in [-0.15, -0.1) is 0 Å². The van der Waals surface area contributed by atoms with E-state index in [0.717, 1.165) is 11.3 Å². The lowest BCUT2D eigenvalue weighted by Gasteiger charge is -2.25. The highest BCUT2D eigenvalue weighted by Gasteiger charge is 2.26. The third-order valence-corrected chi connectivity index (χ3v) is 4.61. The van der Waals surface area contributed by atoms with Crippen LogP contribution >= 0.6 is 0 Å². The van der Waals surface area contributed by atoms with Crippen molar-refractivity contribution >= 4 is 0 Å². The van der Waals surface area contributed by atoms with Crippen LogP contribution in [0.5, 0.6) is 0 Å². The molecule has 0 aliphatic carbocycles. The second-order valence-corrected chi connectivity index (χ2v) is 6.34. The zero-order valence-corrected chi connectivity index (χ0v) is 14.2. The lowest BCUT2D eigenvalue weighted by Crippen LogP contribution is -2.20. The van der Waals surface area contributed by atoms with E-state index in [4.69, 9.17) is 9.26 Å². The van der Waals surface area contributed by atoms with Gasteiger partial charge >= 0.3 is 0 Å². The number of nitrogens with zero attached hydrogens (tertiary/aromatic N) is 4. The molecule has 0 fully saturated rings. The van der Waals surface area contributed by atoms with Crippen LogP contribution in [0.25, 0.3) is 23.0 Å². The SMILES string of the molecule is Fc1cccc(-c2noc(-c3ncn4c3CO[C@H](c3ccccc3)C4)n2)c1. The monoisotopic (exact) mass is 362 g/mol. The summed E-state index contributed by atoms with van der Waals surface area (Å²) in [4.78, 5) is 8.81. The molecule has 2 aromatic heterocycles. The predicted octanol–water partition coefficient (Wildman–Crippen LogP) is 4.01. The van der Waals surface area contributed by atoms with Gasteiger partial charge in [0.2, 0.25) is 5.82 Å². The summed E-state index contributed by atoms with van der Waals surface area (Å²) < 4.78 is 26.8. The first kappa shape index (κ1) is 15.9. The third kappa shape index (κ3) is 2.92. The highest BCUT2D eigenvalue weighted by Crippen LogP contribution is 2.31. The van der Waals surface area contributed by atoms with Gasteiger partial charge in [0.05, 0.1) is 25.2 Å². The molecule has 0 saturated heterocycles. The standard InChI is InChI=1S/C20H15FN4O2/c21-15-8-4-7-14(9-15)19-23-20(27-24-19)18-16-11-26-17(10-25(16)12-22-18)13-5-2-1-3-6-13/h1-9,12,17H,10-11H2/t17-/m0/s1. The summed E-state index contributed by atoms with van der Waals surface area (Å²) in [5, 5.41) is 3.95. The lowest BCUT2D eigenvalue weighted by molar-refractivity contribution is 0.00330. The third-order valence-electron chi connectivity index (χ3n) is 4.61. The van der Waals surface area contributed by atoms with Crippen molar-refractivity contribution in [3.8, 4) is 23.0 Å². The molecule has 0 bridgehead atoms. The Kier molecular flexibility index (Phi) is 3.79. The van der Waals surface area contributed by atoms with Crippen LogP contribution in [0.1, 0.15) is 17.4 Å². The molecule has 1 aliphatic heterocycles. The van der Waals surface area contributed by atoms with Crippen molar-refractivity contribution in [1.82, 2.24) is 19.7 Å². The van der Waals surface area contributed by atoms with Gasteiger partial charge in [-0.2, -0.15) is 4.98 Å². The summed E-state index contributed by atoms with van der Waals surface area (Å²) in [6, 6.07) is 16.2. The maximum atomic E-state index is 13.4. The fourth-order valence-corrected chi connectivity index (χ4v) is 3.24. The summed E-state index contributed by atoms with van der Waals surface area (Å²) >= 11 is 0. The van der Waals surface area contributed by atoms with Crippen LogP contribution < -0.4 is 0 Å². The number of aromatic nitrogens is 4. The number of ether oxygens (including phenoxy) is 1. The van der Waals surface area contributed by atoms with Gasteiger partial charge in [0, 0.05) is 5.56 Å². The molecule has 0 spiro atoms. The van der Waals surface area contributed by atoms with Crippen LogP contribution in [-0.2, 0) is 17.9 Å². The van der Waals surface area contributed by atoms with E-state index in [1.807, 2.05) is 22.8 Å². The second kappa shape index (κ2) is 6.44. The maximum absolute atomic E-state index is 13.4. The highest BCUT2D eigenvalue weighted by molar-refractivity contribution is 5.59. The first-order chi connectivity index (χ1) is 13.3. The van der Waals surface area contributed by atoms with Crippen molar-refractivity contribution in [1.29, 1.82) is 0 Å². The molecule has 1 aliphatic rings. The molecule has 6 nitrogen and oxygen atoms in total. The molecule has 0 N–H and O–H groups in total. The van der Waals surface area contributed by atoms with Crippen molar-refractivity contribution in [3.05, 3.63) is 78.0 Å². The summed E-state index contributed by atoms with van der Waals surface area (Å²) in [6.07, 6.45) is 1.74. The van der Waals surface area contributed by atoms with Crippen molar-refractivity contribution in [2.75, 3.05) is 0 Å². The number of halogens is 1. The Bertz CT molecular complexity index is 1090. The minimum atomic E-state index is -0.349. The number of rotatable bonds is 3. The Balaban J connectivity index is 1.43. The first-order valence-corrected chi connectivity index (χ1v) is 8.58. The zero-order chi connectivity index (χ0) is 18.2. The van der Waals surface area contributed by atoms with Crippen LogP contribution in [-0.4, -0.2) is 19.7 Å². The van der Waals surface area contributed by atoms with Gasteiger partial charge in [-0.3, -0.25) is 0 Å². The van der Waals surface area contributed by atoms with Crippen molar-refractivity contribution in [2.45, 2.75) is 19.3 Å². The number of benzene rings is 2. The molecule has 7 heteroatoms. The predicted molar refractivity (Wildman–Crippen MR) is 94.9 cm³/mol. The molecule has 1 atom stereocenters. The Hall–Kier alpha value is -3.32. The summed E-state index contributed by atoms with van der Waals surface area (Å²) in [7, 11) is 0. The normalized spacial score (nSPS) is 16.3. The number of hydrogen-bond donors (Lipinski definition) is 0. The maximum Gasteiger partial charge on any atom is 0.278 e. The van der Waals surface area contributed by atoms with Gasteiger partial charge in [0.15, 0.2) is 5.69 Å².